The molecule has 0 saturated carbocycles. The van der Waals surface area contributed by atoms with E-state index in [1.807, 2.05) is 42.7 Å². The molecule has 1 aromatic heterocycles. The largest absolute Gasteiger partial charge is 0.346 e. The number of aryl methyl sites for hydroxylation is 4. The summed E-state index contributed by atoms with van der Waals surface area (Å²) in [7, 11) is 0. The van der Waals surface area contributed by atoms with Gasteiger partial charge in [-0.05, 0) is 61.2 Å². The zero-order chi connectivity index (χ0) is 17.7. The zero-order valence-corrected chi connectivity index (χ0v) is 15.6. The van der Waals surface area contributed by atoms with E-state index in [9.17, 15) is 9.59 Å². The van der Waals surface area contributed by atoms with Crippen LogP contribution < -0.4 is 10.7 Å². The maximum Gasteiger partial charge on any atom is 0.261 e. The highest BCUT2D eigenvalue weighted by Gasteiger charge is 2.21. The molecule has 1 aliphatic rings. The third-order valence-corrected chi connectivity index (χ3v) is 5.02. The highest BCUT2D eigenvalue weighted by molar-refractivity contribution is 9.10. The van der Waals surface area contributed by atoms with Crippen LogP contribution in [0.5, 0.6) is 0 Å². The van der Waals surface area contributed by atoms with E-state index < -0.39 is 0 Å². The SMILES string of the molecule is Cc1cc(C)cc(NC(=O)c2cn3c4c(cc(Br)cc4c2=O)CC3)c1. The fourth-order valence-corrected chi connectivity index (χ4v) is 4.11. The summed E-state index contributed by atoms with van der Waals surface area (Å²) in [6.07, 6.45) is 2.56. The maximum absolute atomic E-state index is 12.9. The number of hydrogen-bond acceptors (Lipinski definition) is 2. The Hall–Kier alpha value is -2.40. The molecule has 2 heterocycles. The number of anilines is 1. The molecule has 0 fully saturated rings. The predicted molar refractivity (Wildman–Crippen MR) is 103 cm³/mol. The average Bonchev–Trinajstić information content (AvgIpc) is 2.92. The zero-order valence-electron chi connectivity index (χ0n) is 14.0. The van der Waals surface area contributed by atoms with Crippen molar-refractivity contribution in [3.63, 3.8) is 0 Å². The maximum atomic E-state index is 12.9. The van der Waals surface area contributed by atoms with E-state index in [4.69, 9.17) is 0 Å². The lowest BCUT2D eigenvalue weighted by molar-refractivity contribution is 0.102. The van der Waals surface area contributed by atoms with Gasteiger partial charge in [0.25, 0.3) is 5.91 Å². The smallest absolute Gasteiger partial charge is 0.261 e. The third-order valence-electron chi connectivity index (χ3n) is 4.56. The summed E-state index contributed by atoms with van der Waals surface area (Å²) in [5, 5.41) is 3.46. The highest BCUT2D eigenvalue weighted by atomic mass is 79.9. The number of amides is 1. The summed E-state index contributed by atoms with van der Waals surface area (Å²) in [5.41, 5.74) is 4.88. The van der Waals surface area contributed by atoms with Crippen molar-refractivity contribution in [2.45, 2.75) is 26.8 Å². The molecule has 4 nitrogen and oxygen atoms in total. The first-order chi connectivity index (χ1) is 11.9. The minimum absolute atomic E-state index is 0.178. The van der Waals surface area contributed by atoms with E-state index in [1.165, 1.54) is 0 Å². The van der Waals surface area contributed by atoms with E-state index >= 15 is 0 Å². The van der Waals surface area contributed by atoms with Gasteiger partial charge in [0.2, 0.25) is 5.43 Å². The van der Waals surface area contributed by atoms with Gasteiger partial charge in [0.15, 0.2) is 0 Å². The molecule has 4 rings (SSSR count). The molecule has 0 unspecified atom stereocenters. The number of hydrogen-bond donors (Lipinski definition) is 1. The molecule has 25 heavy (non-hydrogen) atoms. The van der Waals surface area contributed by atoms with Crippen LogP contribution in [0.15, 0.2) is 45.8 Å². The van der Waals surface area contributed by atoms with Crippen LogP contribution in [0.2, 0.25) is 0 Å². The highest BCUT2D eigenvalue weighted by Crippen LogP contribution is 2.28. The number of halogens is 1. The molecular formula is C20H17BrN2O2. The summed E-state index contributed by atoms with van der Waals surface area (Å²) in [5.74, 6) is -0.367. The first-order valence-corrected chi connectivity index (χ1v) is 8.97. The lowest BCUT2D eigenvalue weighted by atomic mass is 10.1. The minimum atomic E-state index is -0.367. The number of nitrogens with zero attached hydrogens (tertiary/aromatic N) is 1. The molecular weight excluding hydrogens is 380 g/mol. The Morgan fingerprint density at radius 3 is 2.56 bits per heavy atom. The minimum Gasteiger partial charge on any atom is -0.346 e. The van der Waals surface area contributed by atoms with E-state index in [0.29, 0.717) is 11.1 Å². The second kappa shape index (κ2) is 5.85. The van der Waals surface area contributed by atoms with Gasteiger partial charge in [-0.3, -0.25) is 9.59 Å². The van der Waals surface area contributed by atoms with Crippen molar-refractivity contribution in [1.29, 1.82) is 0 Å². The van der Waals surface area contributed by atoms with Crippen molar-refractivity contribution >= 4 is 38.4 Å². The predicted octanol–water partition coefficient (Wildman–Crippen LogP) is 4.19. The summed E-state index contributed by atoms with van der Waals surface area (Å²) in [4.78, 5) is 25.6. The summed E-state index contributed by atoms with van der Waals surface area (Å²) >= 11 is 3.46. The molecule has 3 aromatic rings. The molecule has 0 spiro atoms. The number of aromatic nitrogens is 1. The Kier molecular flexibility index (Phi) is 3.76. The monoisotopic (exact) mass is 396 g/mol. The Morgan fingerprint density at radius 2 is 1.84 bits per heavy atom. The van der Waals surface area contributed by atoms with Crippen LogP contribution in [0.1, 0.15) is 27.0 Å². The second-order valence-electron chi connectivity index (χ2n) is 6.61. The van der Waals surface area contributed by atoms with Crippen LogP contribution in [0.25, 0.3) is 10.9 Å². The van der Waals surface area contributed by atoms with Gasteiger partial charge < -0.3 is 9.88 Å². The van der Waals surface area contributed by atoms with Crippen molar-refractivity contribution in [3.8, 4) is 0 Å². The Balaban J connectivity index is 1.81. The van der Waals surface area contributed by atoms with E-state index in [-0.39, 0.29) is 16.9 Å². The molecule has 0 aliphatic carbocycles. The van der Waals surface area contributed by atoms with Crippen molar-refractivity contribution in [2.75, 3.05) is 5.32 Å². The van der Waals surface area contributed by atoms with Gasteiger partial charge in [-0.1, -0.05) is 22.0 Å². The van der Waals surface area contributed by atoms with Gasteiger partial charge in [-0.25, -0.2) is 0 Å². The van der Waals surface area contributed by atoms with Gasteiger partial charge in [0.1, 0.15) is 5.56 Å². The number of nitrogens with one attached hydrogen (secondary N) is 1. The molecule has 2 aromatic carbocycles. The van der Waals surface area contributed by atoms with Crippen LogP contribution in [-0.2, 0) is 13.0 Å². The number of benzene rings is 2. The summed E-state index contributed by atoms with van der Waals surface area (Å²) < 4.78 is 2.88. The Bertz CT molecular complexity index is 1080. The molecule has 1 aliphatic heterocycles. The van der Waals surface area contributed by atoms with Crippen molar-refractivity contribution in [1.82, 2.24) is 4.57 Å². The first kappa shape index (κ1) is 16.1. The van der Waals surface area contributed by atoms with Gasteiger partial charge in [0, 0.05) is 28.3 Å². The molecule has 0 saturated heterocycles. The first-order valence-electron chi connectivity index (χ1n) is 8.17. The lowest BCUT2D eigenvalue weighted by Gasteiger charge is -2.11. The summed E-state index contributed by atoms with van der Waals surface area (Å²) in [6.45, 7) is 4.74. The van der Waals surface area contributed by atoms with Gasteiger partial charge in [0.05, 0.1) is 5.52 Å². The molecule has 5 heteroatoms. The molecule has 0 bridgehead atoms. The third kappa shape index (κ3) is 2.78. The van der Waals surface area contributed by atoms with Gasteiger partial charge in [-0.15, -0.1) is 0 Å². The molecule has 1 amide bonds. The number of pyridine rings is 1. The number of carbonyl (C=O) groups excluding carboxylic acids is 1. The Morgan fingerprint density at radius 1 is 1.12 bits per heavy atom. The van der Waals surface area contributed by atoms with Crippen LogP contribution in [0.3, 0.4) is 0 Å². The molecule has 126 valence electrons. The van der Waals surface area contributed by atoms with Crippen LogP contribution in [0, 0.1) is 13.8 Å². The summed E-state index contributed by atoms with van der Waals surface area (Å²) in [6, 6.07) is 9.69. The van der Waals surface area contributed by atoms with Crippen molar-refractivity contribution < 1.29 is 4.79 Å². The number of carbonyl (C=O) groups is 1. The Labute approximate surface area is 153 Å². The molecule has 0 radical (unpaired) electrons. The van der Waals surface area contributed by atoms with Crippen LogP contribution >= 0.6 is 15.9 Å². The fourth-order valence-electron chi connectivity index (χ4n) is 3.61. The number of rotatable bonds is 2. The second-order valence-corrected chi connectivity index (χ2v) is 7.52. The van der Waals surface area contributed by atoms with Crippen molar-refractivity contribution in [2.24, 2.45) is 0 Å². The normalized spacial score (nSPS) is 12.6. The quantitative estimate of drug-likeness (QED) is 0.705. The van der Waals surface area contributed by atoms with Crippen LogP contribution in [0.4, 0.5) is 5.69 Å². The molecule has 1 N–H and O–H groups in total. The van der Waals surface area contributed by atoms with Crippen LogP contribution in [-0.4, -0.2) is 10.5 Å². The van der Waals surface area contributed by atoms with Gasteiger partial charge in [-0.2, -0.15) is 0 Å². The average molecular weight is 397 g/mol. The van der Waals surface area contributed by atoms with E-state index in [1.54, 1.807) is 12.3 Å². The molecule has 0 atom stereocenters. The topological polar surface area (TPSA) is 51.1 Å². The fraction of sp³-hybridized carbons (Fsp3) is 0.200. The lowest BCUT2D eigenvalue weighted by Crippen LogP contribution is -2.23. The standard InChI is InChI=1S/C20H17BrN2O2/c1-11-5-12(2)7-15(6-11)22-20(25)17-10-23-4-3-13-8-14(21)9-16(18(13)23)19(17)24/h5-10H,3-4H2,1-2H3,(H,22,25). The van der Waals surface area contributed by atoms with Crippen molar-refractivity contribution in [3.05, 3.63) is 73.5 Å². The van der Waals surface area contributed by atoms with E-state index in [2.05, 4.69) is 21.2 Å². The van der Waals surface area contributed by atoms with E-state index in [0.717, 1.165) is 39.6 Å². The van der Waals surface area contributed by atoms with Gasteiger partial charge >= 0.3 is 0 Å².